The number of benzene rings is 1. The number of nitrogens with zero attached hydrogens (tertiary/aromatic N) is 3. The number of carboxylic acid groups (broad SMARTS) is 1. The molecular formula is C16H15Cl2N3O4S. The van der Waals surface area contributed by atoms with Crippen molar-refractivity contribution in [2.75, 3.05) is 39.5 Å². The predicted octanol–water partition coefficient (Wildman–Crippen LogP) is 3.27. The quantitative estimate of drug-likeness (QED) is 0.688. The van der Waals surface area contributed by atoms with Crippen molar-refractivity contribution < 1.29 is 19.4 Å². The van der Waals surface area contributed by atoms with Gasteiger partial charge in [0.1, 0.15) is 17.9 Å². The third-order valence-corrected chi connectivity index (χ3v) is 6.18. The minimum atomic E-state index is -1.08. The minimum absolute atomic E-state index is 0.0245. The Hall–Kier alpha value is -1.58. The second kappa shape index (κ2) is 7.21. The number of carboxylic acids is 1. The van der Waals surface area contributed by atoms with Crippen molar-refractivity contribution in [1.82, 2.24) is 14.3 Å². The Kier molecular flexibility index (Phi) is 4.94. The number of hydrogen-bond donors (Lipinski definition) is 1. The lowest BCUT2D eigenvalue weighted by atomic mass is 10.3. The summed E-state index contributed by atoms with van der Waals surface area (Å²) in [7, 11) is 0. The van der Waals surface area contributed by atoms with E-state index in [0.717, 1.165) is 37.5 Å². The van der Waals surface area contributed by atoms with E-state index in [1.54, 1.807) is 10.5 Å². The van der Waals surface area contributed by atoms with Gasteiger partial charge in [-0.3, -0.25) is 9.30 Å². The normalized spacial score (nSPS) is 15.8. The maximum atomic E-state index is 11.2. The largest absolute Gasteiger partial charge is 0.490 e. The average molecular weight is 416 g/mol. The molecule has 10 heteroatoms. The first-order valence-electron chi connectivity index (χ1n) is 8.00. The van der Waals surface area contributed by atoms with Crippen molar-refractivity contribution in [2.45, 2.75) is 0 Å². The first kappa shape index (κ1) is 17.8. The number of ether oxygens (including phenoxy) is 2. The Morgan fingerprint density at radius 1 is 1.38 bits per heavy atom. The van der Waals surface area contributed by atoms with E-state index in [4.69, 9.17) is 37.8 Å². The van der Waals surface area contributed by atoms with Gasteiger partial charge in [0.15, 0.2) is 10.7 Å². The zero-order valence-electron chi connectivity index (χ0n) is 13.6. The highest BCUT2D eigenvalue weighted by atomic mass is 35.5. The van der Waals surface area contributed by atoms with Crippen molar-refractivity contribution in [3.8, 4) is 5.75 Å². The molecule has 7 nitrogen and oxygen atoms in total. The molecule has 0 bridgehead atoms. The van der Waals surface area contributed by atoms with Crippen molar-refractivity contribution >= 4 is 55.7 Å². The first-order valence-corrected chi connectivity index (χ1v) is 9.57. The number of hydrogen-bond acceptors (Lipinski definition) is 6. The standard InChI is InChI=1S/C16H15Cl2N3O4S/c17-9-7-11(25-6-3-20-1-4-24-5-2-20)13-14(12(9)18)26-16-19-10(15(22)23)8-21(13)16/h7-8H,1-6H2,(H,22,23). The molecule has 1 aromatic carbocycles. The summed E-state index contributed by atoms with van der Waals surface area (Å²) in [6.45, 7) is 4.47. The topological polar surface area (TPSA) is 76.3 Å². The SMILES string of the molecule is O=C(O)c1cn2c(n1)sc1c(Cl)c(Cl)cc(OCCN3CCOCC3)c12. The van der Waals surface area contributed by atoms with Crippen LogP contribution in [0.4, 0.5) is 0 Å². The number of rotatable bonds is 5. The second-order valence-corrected chi connectivity index (χ2v) is 7.60. The van der Waals surface area contributed by atoms with Crippen molar-refractivity contribution in [3.05, 3.63) is 28.0 Å². The van der Waals surface area contributed by atoms with Gasteiger partial charge in [0.05, 0.1) is 28.0 Å². The van der Waals surface area contributed by atoms with E-state index in [1.165, 1.54) is 17.5 Å². The van der Waals surface area contributed by atoms with Gasteiger partial charge < -0.3 is 14.6 Å². The molecule has 1 fully saturated rings. The van der Waals surface area contributed by atoms with Crippen LogP contribution in [0.1, 0.15) is 10.5 Å². The summed E-state index contributed by atoms with van der Waals surface area (Å²) in [5.74, 6) is -0.521. The van der Waals surface area contributed by atoms with E-state index in [2.05, 4.69) is 9.88 Å². The molecule has 4 rings (SSSR count). The van der Waals surface area contributed by atoms with Crippen LogP contribution in [0.3, 0.4) is 0 Å². The first-order chi connectivity index (χ1) is 12.5. The highest BCUT2D eigenvalue weighted by Crippen LogP contribution is 2.42. The molecule has 0 spiro atoms. The van der Waals surface area contributed by atoms with Gasteiger partial charge in [-0.2, -0.15) is 0 Å². The van der Waals surface area contributed by atoms with E-state index < -0.39 is 5.97 Å². The molecule has 138 valence electrons. The molecule has 26 heavy (non-hydrogen) atoms. The van der Waals surface area contributed by atoms with Crippen LogP contribution in [0.2, 0.25) is 10.0 Å². The molecule has 0 unspecified atom stereocenters. The fourth-order valence-corrected chi connectivity index (χ4v) is 4.48. The van der Waals surface area contributed by atoms with Crippen LogP contribution in [0.15, 0.2) is 12.3 Å². The molecule has 0 saturated carbocycles. The smallest absolute Gasteiger partial charge is 0.356 e. The highest BCUT2D eigenvalue weighted by molar-refractivity contribution is 7.24. The fraction of sp³-hybridized carbons (Fsp3) is 0.375. The number of halogens is 2. The molecule has 0 amide bonds. The number of thiazole rings is 1. The number of morpholine rings is 1. The number of fused-ring (bicyclic) bond motifs is 3. The molecule has 0 radical (unpaired) electrons. The molecule has 0 atom stereocenters. The summed E-state index contributed by atoms with van der Waals surface area (Å²) in [6, 6.07) is 1.66. The van der Waals surface area contributed by atoms with Crippen LogP contribution in [0.5, 0.6) is 5.75 Å². The lowest BCUT2D eigenvalue weighted by Crippen LogP contribution is -2.38. The summed E-state index contributed by atoms with van der Waals surface area (Å²) in [5, 5.41) is 9.97. The predicted molar refractivity (Wildman–Crippen MR) is 100 cm³/mol. The molecule has 1 saturated heterocycles. The minimum Gasteiger partial charge on any atom is -0.490 e. The molecule has 2 aromatic heterocycles. The van der Waals surface area contributed by atoms with Crippen LogP contribution in [-0.2, 0) is 4.74 Å². The second-order valence-electron chi connectivity index (χ2n) is 5.84. The number of aromatic carboxylic acids is 1. The number of aromatic nitrogens is 2. The maximum Gasteiger partial charge on any atom is 0.356 e. The van der Waals surface area contributed by atoms with Crippen molar-refractivity contribution in [3.63, 3.8) is 0 Å². The van der Waals surface area contributed by atoms with Gasteiger partial charge in [0, 0.05) is 31.9 Å². The molecule has 3 aromatic rings. The summed E-state index contributed by atoms with van der Waals surface area (Å²) in [5.41, 5.74) is 0.657. The van der Waals surface area contributed by atoms with Crippen LogP contribution in [-0.4, -0.2) is 64.8 Å². The van der Waals surface area contributed by atoms with E-state index in [9.17, 15) is 4.79 Å². The van der Waals surface area contributed by atoms with Gasteiger partial charge in [-0.25, -0.2) is 9.78 Å². The zero-order chi connectivity index (χ0) is 18.3. The Labute approximate surface area is 162 Å². The summed E-state index contributed by atoms with van der Waals surface area (Å²) in [6.07, 6.45) is 1.47. The summed E-state index contributed by atoms with van der Waals surface area (Å²) in [4.78, 5) is 18.1. The highest BCUT2D eigenvalue weighted by Gasteiger charge is 2.20. The Morgan fingerprint density at radius 2 is 2.15 bits per heavy atom. The third kappa shape index (κ3) is 3.23. The monoisotopic (exact) mass is 415 g/mol. The zero-order valence-corrected chi connectivity index (χ0v) is 15.9. The number of imidazole rings is 1. The van der Waals surface area contributed by atoms with E-state index in [0.29, 0.717) is 32.9 Å². The Bertz CT molecular complexity index is 981. The van der Waals surface area contributed by atoms with Gasteiger partial charge in [0.2, 0.25) is 0 Å². The molecule has 1 aliphatic heterocycles. The lowest BCUT2D eigenvalue weighted by Gasteiger charge is -2.26. The van der Waals surface area contributed by atoms with Crippen LogP contribution in [0, 0.1) is 0 Å². The van der Waals surface area contributed by atoms with Gasteiger partial charge in [0.25, 0.3) is 0 Å². The molecule has 0 aliphatic carbocycles. The fourth-order valence-electron chi connectivity index (χ4n) is 2.90. The maximum absolute atomic E-state index is 11.2. The van der Waals surface area contributed by atoms with E-state index >= 15 is 0 Å². The third-order valence-electron chi connectivity index (χ3n) is 4.21. The number of carbonyl (C=O) groups is 1. The van der Waals surface area contributed by atoms with Crippen molar-refractivity contribution in [2.24, 2.45) is 0 Å². The van der Waals surface area contributed by atoms with Crippen LogP contribution >= 0.6 is 34.5 Å². The van der Waals surface area contributed by atoms with Crippen LogP contribution < -0.4 is 4.74 Å². The average Bonchev–Trinajstić information content (AvgIpc) is 3.18. The van der Waals surface area contributed by atoms with Crippen molar-refractivity contribution in [1.29, 1.82) is 0 Å². The molecule has 1 N–H and O–H groups in total. The lowest BCUT2D eigenvalue weighted by molar-refractivity contribution is 0.0323. The molecule has 3 heterocycles. The van der Waals surface area contributed by atoms with Gasteiger partial charge in [-0.15, -0.1) is 0 Å². The van der Waals surface area contributed by atoms with Crippen LogP contribution in [0.25, 0.3) is 15.2 Å². The Balaban J connectivity index is 1.67. The van der Waals surface area contributed by atoms with Gasteiger partial charge >= 0.3 is 5.97 Å². The molecular weight excluding hydrogens is 401 g/mol. The summed E-state index contributed by atoms with van der Waals surface area (Å²) < 4.78 is 13.7. The Morgan fingerprint density at radius 3 is 2.88 bits per heavy atom. The van der Waals surface area contributed by atoms with E-state index in [1.807, 2.05) is 0 Å². The van der Waals surface area contributed by atoms with Gasteiger partial charge in [-0.1, -0.05) is 34.5 Å². The summed E-state index contributed by atoms with van der Waals surface area (Å²) >= 11 is 13.9. The van der Waals surface area contributed by atoms with Gasteiger partial charge in [-0.05, 0) is 0 Å². The van der Waals surface area contributed by atoms with E-state index in [-0.39, 0.29) is 5.69 Å². The molecule has 1 aliphatic rings.